The maximum absolute atomic E-state index is 4.31. The minimum Gasteiger partial charge on any atom is -0.315 e. The Morgan fingerprint density at radius 3 is 2.93 bits per heavy atom. The van der Waals surface area contributed by atoms with Crippen LogP contribution in [0.1, 0.15) is 31.2 Å². The van der Waals surface area contributed by atoms with Gasteiger partial charge in [0.15, 0.2) is 0 Å². The Morgan fingerprint density at radius 1 is 1.57 bits per heavy atom. The predicted molar refractivity (Wildman–Crippen MR) is 56.2 cm³/mol. The van der Waals surface area contributed by atoms with E-state index in [0.29, 0.717) is 12.0 Å². The maximum Gasteiger partial charge on any atom is 0.0681 e. The first-order chi connectivity index (χ1) is 6.75. The molecule has 1 aliphatic rings. The molecule has 1 saturated heterocycles. The molecule has 4 nitrogen and oxygen atoms in total. The Balaban J connectivity index is 1.89. The summed E-state index contributed by atoms with van der Waals surface area (Å²) >= 11 is 0. The van der Waals surface area contributed by atoms with Gasteiger partial charge < -0.3 is 10.6 Å². The Bertz CT molecular complexity index is 288. The van der Waals surface area contributed by atoms with Crippen molar-refractivity contribution in [1.29, 1.82) is 0 Å². The summed E-state index contributed by atoms with van der Waals surface area (Å²) in [5.41, 5.74) is 2.38. The molecule has 1 aliphatic heterocycles. The lowest BCUT2D eigenvalue weighted by atomic mass is 9.99. The second kappa shape index (κ2) is 4.11. The molecule has 2 heterocycles. The van der Waals surface area contributed by atoms with Gasteiger partial charge >= 0.3 is 0 Å². The molecular formula is C10H18N4. The number of nitrogens with zero attached hydrogens (tertiary/aromatic N) is 1. The molecule has 0 amide bonds. The first-order valence-corrected chi connectivity index (χ1v) is 5.24. The van der Waals surface area contributed by atoms with E-state index in [2.05, 4.69) is 40.7 Å². The van der Waals surface area contributed by atoms with Crippen LogP contribution in [-0.2, 0) is 6.54 Å². The second-order valence-electron chi connectivity index (χ2n) is 4.21. The van der Waals surface area contributed by atoms with E-state index in [9.17, 15) is 0 Å². The van der Waals surface area contributed by atoms with Crippen molar-refractivity contribution in [2.45, 2.75) is 32.4 Å². The Labute approximate surface area is 84.5 Å². The van der Waals surface area contributed by atoms with Gasteiger partial charge in [-0.25, -0.2) is 0 Å². The van der Waals surface area contributed by atoms with Crippen LogP contribution in [0.5, 0.6) is 0 Å². The van der Waals surface area contributed by atoms with Crippen LogP contribution in [0.4, 0.5) is 0 Å². The topological polar surface area (TPSA) is 52.7 Å². The SMILES string of the molecule is CC(C)NCc1cc(C2CNC2)n[nH]1. The summed E-state index contributed by atoms with van der Waals surface area (Å²) in [6, 6.07) is 2.69. The van der Waals surface area contributed by atoms with Crippen LogP contribution in [0.3, 0.4) is 0 Å². The van der Waals surface area contributed by atoms with E-state index in [1.807, 2.05) is 0 Å². The summed E-state index contributed by atoms with van der Waals surface area (Å²) in [4.78, 5) is 0. The van der Waals surface area contributed by atoms with Crippen LogP contribution in [0.2, 0.25) is 0 Å². The molecule has 4 heteroatoms. The summed E-state index contributed by atoms with van der Waals surface area (Å²) in [5.74, 6) is 0.624. The molecule has 0 bridgehead atoms. The molecule has 1 fully saturated rings. The van der Waals surface area contributed by atoms with Crippen molar-refractivity contribution in [2.75, 3.05) is 13.1 Å². The van der Waals surface area contributed by atoms with Gasteiger partial charge in [0.2, 0.25) is 0 Å². The van der Waals surface area contributed by atoms with E-state index < -0.39 is 0 Å². The average Bonchev–Trinajstić information content (AvgIpc) is 2.46. The van der Waals surface area contributed by atoms with E-state index in [-0.39, 0.29) is 0 Å². The van der Waals surface area contributed by atoms with Gasteiger partial charge in [0, 0.05) is 37.3 Å². The lowest BCUT2D eigenvalue weighted by Crippen LogP contribution is -2.40. The highest BCUT2D eigenvalue weighted by molar-refractivity contribution is 5.16. The molecule has 14 heavy (non-hydrogen) atoms. The van der Waals surface area contributed by atoms with E-state index in [0.717, 1.165) is 19.6 Å². The van der Waals surface area contributed by atoms with Crippen molar-refractivity contribution in [3.8, 4) is 0 Å². The van der Waals surface area contributed by atoms with Crippen molar-refractivity contribution in [2.24, 2.45) is 0 Å². The van der Waals surface area contributed by atoms with E-state index >= 15 is 0 Å². The molecule has 0 aromatic carbocycles. The average molecular weight is 194 g/mol. The minimum atomic E-state index is 0.520. The largest absolute Gasteiger partial charge is 0.315 e. The zero-order valence-corrected chi connectivity index (χ0v) is 8.80. The maximum atomic E-state index is 4.31. The molecular weight excluding hydrogens is 176 g/mol. The van der Waals surface area contributed by atoms with Crippen molar-refractivity contribution >= 4 is 0 Å². The molecule has 3 N–H and O–H groups in total. The molecule has 1 aromatic rings. The Kier molecular flexibility index (Phi) is 2.84. The Hall–Kier alpha value is -0.870. The number of rotatable bonds is 4. The molecule has 0 saturated carbocycles. The number of nitrogens with one attached hydrogen (secondary N) is 3. The summed E-state index contributed by atoms with van der Waals surface area (Å²) in [5, 5.41) is 14.0. The van der Waals surface area contributed by atoms with Gasteiger partial charge in [-0.2, -0.15) is 5.10 Å². The van der Waals surface area contributed by atoms with E-state index in [4.69, 9.17) is 0 Å². The van der Waals surface area contributed by atoms with Crippen LogP contribution in [0.25, 0.3) is 0 Å². The monoisotopic (exact) mass is 194 g/mol. The third-order valence-electron chi connectivity index (χ3n) is 2.55. The second-order valence-corrected chi connectivity index (χ2v) is 4.21. The van der Waals surface area contributed by atoms with Crippen LogP contribution < -0.4 is 10.6 Å². The predicted octanol–water partition coefficient (Wildman–Crippen LogP) is 0.594. The Morgan fingerprint density at radius 2 is 2.36 bits per heavy atom. The van der Waals surface area contributed by atoms with Crippen molar-refractivity contribution in [1.82, 2.24) is 20.8 Å². The summed E-state index contributed by atoms with van der Waals surface area (Å²) in [6.45, 7) is 7.31. The van der Waals surface area contributed by atoms with Crippen molar-refractivity contribution < 1.29 is 0 Å². The third kappa shape index (κ3) is 2.13. The highest BCUT2D eigenvalue weighted by Crippen LogP contribution is 2.17. The number of hydrogen-bond donors (Lipinski definition) is 3. The van der Waals surface area contributed by atoms with Crippen LogP contribution >= 0.6 is 0 Å². The zero-order valence-electron chi connectivity index (χ0n) is 8.80. The van der Waals surface area contributed by atoms with Gasteiger partial charge in [0.1, 0.15) is 0 Å². The highest BCUT2D eigenvalue weighted by atomic mass is 15.1. The molecule has 0 atom stereocenters. The van der Waals surface area contributed by atoms with Gasteiger partial charge in [-0.15, -0.1) is 0 Å². The highest BCUT2D eigenvalue weighted by Gasteiger charge is 2.21. The fourth-order valence-electron chi connectivity index (χ4n) is 1.49. The smallest absolute Gasteiger partial charge is 0.0681 e. The number of hydrogen-bond acceptors (Lipinski definition) is 3. The van der Waals surface area contributed by atoms with Gasteiger partial charge in [-0.05, 0) is 6.07 Å². The fraction of sp³-hybridized carbons (Fsp3) is 0.700. The number of H-pyrrole nitrogens is 1. The molecule has 0 spiro atoms. The zero-order chi connectivity index (χ0) is 9.97. The lowest BCUT2D eigenvalue weighted by molar-refractivity contribution is 0.439. The van der Waals surface area contributed by atoms with E-state index in [1.165, 1.54) is 11.4 Å². The molecule has 0 unspecified atom stereocenters. The van der Waals surface area contributed by atoms with Gasteiger partial charge in [0.05, 0.1) is 5.69 Å². The van der Waals surface area contributed by atoms with Gasteiger partial charge in [-0.1, -0.05) is 13.8 Å². The van der Waals surface area contributed by atoms with Gasteiger partial charge in [-0.3, -0.25) is 5.10 Å². The summed E-state index contributed by atoms with van der Waals surface area (Å²) in [6.07, 6.45) is 0. The van der Waals surface area contributed by atoms with E-state index in [1.54, 1.807) is 0 Å². The fourth-order valence-corrected chi connectivity index (χ4v) is 1.49. The third-order valence-corrected chi connectivity index (χ3v) is 2.55. The van der Waals surface area contributed by atoms with Crippen LogP contribution in [-0.4, -0.2) is 29.3 Å². The van der Waals surface area contributed by atoms with Crippen molar-refractivity contribution in [3.05, 3.63) is 17.5 Å². The van der Waals surface area contributed by atoms with Crippen molar-refractivity contribution in [3.63, 3.8) is 0 Å². The first kappa shape index (κ1) is 9.68. The molecule has 0 aliphatic carbocycles. The summed E-state index contributed by atoms with van der Waals surface area (Å²) in [7, 11) is 0. The number of aromatic amines is 1. The lowest BCUT2D eigenvalue weighted by Gasteiger charge is -2.24. The molecule has 1 aromatic heterocycles. The molecule has 0 radical (unpaired) electrons. The number of aromatic nitrogens is 2. The van der Waals surface area contributed by atoms with Crippen LogP contribution in [0, 0.1) is 0 Å². The van der Waals surface area contributed by atoms with Crippen LogP contribution in [0.15, 0.2) is 6.07 Å². The standard InChI is InChI=1S/C10H18N4/c1-7(2)12-6-9-3-10(14-13-9)8-4-11-5-8/h3,7-8,11-12H,4-6H2,1-2H3,(H,13,14). The normalized spacial score (nSPS) is 17.4. The minimum absolute atomic E-state index is 0.520. The molecule has 2 rings (SSSR count). The quantitative estimate of drug-likeness (QED) is 0.657. The summed E-state index contributed by atoms with van der Waals surface area (Å²) < 4.78 is 0. The van der Waals surface area contributed by atoms with Gasteiger partial charge in [0.25, 0.3) is 0 Å². The molecule has 78 valence electrons. The first-order valence-electron chi connectivity index (χ1n) is 5.24.